The van der Waals surface area contributed by atoms with E-state index < -0.39 is 12.1 Å². The number of ether oxygens (including phenoxy) is 1. The van der Waals surface area contributed by atoms with Crippen molar-refractivity contribution in [3.05, 3.63) is 48.4 Å². The highest BCUT2D eigenvalue weighted by atomic mass is 16.5. The average molecular weight is 276 g/mol. The normalized spacial score (nSPS) is 11.7. The van der Waals surface area contributed by atoms with Crippen LogP contribution in [-0.2, 0) is 0 Å². The van der Waals surface area contributed by atoms with Gasteiger partial charge in [-0.25, -0.2) is 4.79 Å². The Hall–Kier alpha value is -2.47. The van der Waals surface area contributed by atoms with E-state index in [1.807, 2.05) is 0 Å². The van der Waals surface area contributed by atoms with Crippen molar-refractivity contribution in [2.75, 3.05) is 19.0 Å². The molecule has 2 rings (SSSR count). The van der Waals surface area contributed by atoms with E-state index in [2.05, 4.69) is 10.6 Å². The van der Waals surface area contributed by atoms with Gasteiger partial charge < -0.3 is 24.9 Å². The van der Waals surface area contributed by atoms with Gasteiger partial charge in [0.15, 0.2) is 0 Å². The summed E-state index contributed by atoms with van der Waals surface area (Å²) in [6.07, 6.45) is 0.593. The largest absolute Gasteiger partial charge is 0.497 e. The van der Waals surface area contributed by atoms with Gasteiger partial charge in [-0.15, -0.1) is 0 Å². The highest BCUT2D eigenvalue weighted by Gasteiger charge is 2.11. The fourth-order valence-electron chi connectivity index (χ4n) is 1.65. The average Bonchev–Trinajstić information content (AvgIpc) is 2.99. The number of hydrogen-bond donors (Lipinski definition) is 3. The molecule has 1 aromatic carbocycles. The van der Waals surface area contributed by atoms with Crippen molar-refractivity contribution in [1.29, 1.82) is 0 Å². The number of nitrogens with one attached hydrogen (secondary N) is 2. The molecule has 2 aromatic rings. The van der Waals surface area contributed by atoms with Gasteiger partial charge in [-0.3, -0.25) is 0 Å². The molecule has 1 aromatic heterocycles. The Bertz CT molecular complexity index is 554. The lowest BCUT2D eigenvalue weighted by Gasteiger charge is -2.11. The summed E-state index contributed by atoms with van der Waals surface area (Å²) in [7, 11) is 1.55. The lowest BCUT2D eigenvalue weighted by atomic mass is 10.3. The fourth-order valence-corrected chi connectivity index (χ4v) is 1.65. The monoisotopic (exact) mass is 276 g/mol. The number of urea groups is 1. The number of methoxy groups -OCH3 is 1. The van der Waals surface area contributed by atoms with Crippen LogP contribution in [0.25, 0.3) is 0 Å². The maximum absolute atomic E-state index is 11.7. The van der Waals surface area contributed by atoms with Crippen molar-refractivity contribution < 1.29 is 19.1 Å². The second-order valence-electron chi connectivity index (χ2n) is 4.10. The first-order chi connectivity index (χ1) is 9.69. The first-order valence-corrected chi connectivity index (χ1v) is 6.09. The fraction of sp³-hybridized carbons (Fsp3) is 0.214. The van der Waals surface area contributed by atoms with E-state index in [9.17, 15) is 9.90 Å². The van der Waals surface area contributed by atoms with Crippen LogP contribution in [0.15, 0.2) is 47.1 Å². The molecule has 6 nitrogen and oxygen atoms in total. The Labute approximate surface area is 116 Å². The Balaban J connectivity index is 1.83. The maximum atomic E-state index is 11.7. The number of rotatable bonds is 5. The van der Waals surface area contributed by atoms with E-state index in [1.54, 1.807) is 43.5 Å². The molecule has 0 fully saturated rings. The zero-order valence-electron chi connectivity index (χ0n) is 11.0. The van der Waals surface area contributed by atoms with Crippen LogP contribution >= 0.6 is 0 Å². The summed E-state index contributed by atoms with van der Waals surface area (Å²) in [5, 5.41) is 15.0. The second-order valence-corrected chi connectivity index (χ2v) is 4.10. The van der Waals surface area contributed by atoms with Crippen LogP contribution in [0.5, 0.6) is 5.75 Å². The minimum Gasteiger partial charge on any atom is -0.497 e. The first-order valence-electron chi connectivity index (χ1n) is 6.09. The number of carbonyl (C=O) groups excluding carboxylic acids is 1. The highest BCUT2D eigenvalue weighted by Crippen LogP contribution is 2.16. The molecule has 106 valence electrons. The van der Waals surface area contributed by atoms with Gasteiger partial charge in [0.2, 0.25) is 0 Å². The van der Waals surface area contributed by atoms with E-state index in [4.69, 9.17) is 9.15 Å². The van der Waals surface area contributed by atoms with E-state index in [1.165, 1.54) is 6.26 Å². The van der Waals surface area contributed by atoms with E-state index >= 15 is 0 Å². The summed E-state index contributed by atoms with van der Waals surface area (Å²) in [5.74, 6) is 1.06. The number of amides is 2. The minimum atomic E-state index is -0.874. The summed E-state index contributed by atoms with van der Waals surface area (Å²) in [4.78, 5) is 11.7. The molecule has 1 unspecified atom stereocenters. The quantitative estimate of drug-likeness (QED) is 0.781. The maximum Gasteiger partial charge on any atom is 0.319 e. The van der Waals surface area contributed by atoms with Crippen LogP contribution in [-0.4, -0.2) is 24.8 Å². The standard InChI is InChI=1S/C14H16N2O4/c1-19-11-5-2-4-10(8-11)16-14(18)15-9-12(17)13-6-3-7-20-13/h2-8,12,17H,9H2,1H3,(H2,15,16,18). The van der Waals surface area contributed by atoms with E-state index in [-0.39, 0.29) is 6.54 Å². The van der Waals surface area contributed by atoms with Crippen LogP contribution in [0.1, 0.15) is 11.9 Å². The Kier molecular flexibility index (Phi) is 4.62. The molecular weight excluding hydrogens is 260 g/mol. The summed E-state index contributed by atoms with van der Waals surface area (Å²) in [6, 6.07) is 9.90. The lowest BCUT2D eigenvalue weighted by molar-refractivity contribution is 0.149. The molecule has 0 saturated carbocycles. The highest BCUT2D eigenvalue weighted by molar-refractivity contribution is 5.89. The predicted octanol–water partition coefficient (Wildman–Crippen LogP) is 2.14. The number of anilines is 1. The molecule has 0 aliphatic heterocycles. The van der Waals surface area contributed by atoms with Gasteiger partial charge in [-0.2, -0.15) is 0 Å². The van der Waals surface area contributed by atoms with Crippen LogP contribution in [0.3, 0.4) is 0 Å². The zero-order valence-corrected chi connectivity index (χ0v) is 11.0. The van der Waals surface area contributed by atoms with Crippen LogP contribution in [0.2, 0.25) is 0 Å². The van der Waals surface area contributed by atoms with Gasteiger partial charge in [0, 0.05) is 11.8 Å². The number of carbonyl (C=O) groups is 1. The number of hydrogen-bond acceptors (Lipinski definition) is 4. The third-order valence-corrected chi connectivity index (χ3v) is 2.66. The van der Waals surface area contributed by atoms with Crippen molar-refractivity contribution in [2.24, 2.45) is 0 Å². The van der Waals surface area contributed by atoms with Gasteiger partial charge in [-0.1, -0.05) is 6.07 Å². The van der Waals surface area contributed by atoms with Crippen LogP contribution in [0, 0.1) is 0 Å². The van der Waals surface area contributed by atoms with Gasteiger partial charge in [0.1, 0.15) is 17.6 Å². The predicted molar refractivity (Wildman–Crippen MR) is 73.7 cm³/mol. The van der Waals surface area contributed by atoms with Gasteiger partial charge >= 0.3 is 6.03 Å². The molecular formula is C14H16N2O4. The molecule has 0 spiro atoms. The molecule has 0 saturated heterocycles. The Morgan fingerprint density at radius 3 is 2.95 bits per heavy atom. The zero-order chi connectivity index (χ0) is 14.4. The minimum absolute atomic E-state index is 0.0588. The third-order valence-electron chi connectivity index (χ3n) is 2.66. The molecule has 1 atom stereocenters. The molecule has 2 amide bonds. The SMILES string of the molecule is COc1cccc(NC(=O)NCC(O)c2ccco2)c1. The van der Waals surface area contributed by atoms with Crippen molar-refractivity contribution in [3.63, 3.8) is 0 Å². The summed E-state index contributed by atoms with van der Waals surface area (Å²) >= 11 is 0. The second kappa shape index (κ2) is 6.63. The molecule has 1 heterocycles. The first kappa shape index (κ1) is 14.0. The molecule has 3 N–H and O–H groups in total. The summed E-state index contributed by atoms with van der Waals surface area (Å²) < 4.78 is 10.1. The Morgan fingerprint density at radius 1 is 1.40 bits per heavy atom. The summed E-state index contributed by atoms with van der Waals surface area (Å²) in [6.45, 7) is 0.0588. The van der Waals surface area contributed by atoms with Crippen molar-refractivity contribution in [3.8, 4) is 5.75 Å². The van der Waals surface area contributed by atoms with Crippen molar-refractivity contribution >= 4 is 11.7 Å². The van der Waals surface area contributed by atoms with Crippen molar-refractivity contribution in [1.82, 2.24) is 5.32 Å². The number of furan rings is 1. The topological polar surface area (TPSA) is 83.7 Å². The molecule has 0 bridgehead atoms. The third kappa shape index (κ3) is 3.76. The molecule has 0 aliphatic carbocycles. The lowest BCUT2D eigenvalue weighted by Crippen LogP contribution is -2.32. The molecule has 0 radical (unpaired) electrons. The molecule has 0 aliphatic rings. The van der Waals surface area contributed by atoms with E-state index in [0.717, 1.165) is 0 Å². The van der Waals surface area contributed by atoms with Crippen molar-refractivity contribution in [2.45, 2.75) is 6.10 Å². The van der Waals surface area contributed by atoms with Gasteiger partial charge in [-0.05, 0) is 24.3 Å². The van der Waals surface area contributed by atoms with Gasteiger partial charge in [0.25, 0.3) is 0 Å². The van der Waals surface area contributed by atoms with Crippen LogP contribution < -0.4 is 15.4 Å². The molecule has 20 heavy (non-hydrogen) atoms. The molecule has 6 heteroatoms. The van der Waals surface area contributed by atoms with Crippen LogP contribution in [0.4, 0.5) is 10.5 Å². The number of benzene rings is 1. The number of aliphatic hydroxyl groups excluding tert-OH is 1. The van der Waals surface area contributed by atoms with Gasteiger partial charge in [0.05, 0.1) is 19.9 Å². The summed E-state index contributed by atoms with van der Waals surface area (Å²) in [5.41, 5.74) is 0.606. The smallest absolute Gasteiger partial charge is 0.319 e. The van der Waals surface area contributed by atoms with E-state index in [0.29, 0.717) is 17.2 Å². The number of aliphatic hydroxyl groups is 1. The Morgan fingerprint density at radius 2 is 2.25 bits per heavy atom.